The van der Waals surface area contributed by atoms with Gasteiger partial charge in [-0.15, -0.1) is 0 Å². The number of amides is 1. The summed E-state index contributed by atoms with van der Waals surface area (Å²) in [6.07, 6.45) is 1.19. The zero-order chi connectivity index (χ0) is 15.1. The molecule has 3 N–H and O–H groups in total. The van der Waals surface area contributed by atoms with Crippen LogP contribution in [0, 0.1) is 0 Å². The highest BCUT2D eigenvalue weighted by atomic mass is 35.5. The molecule has 1 rings (SSSR count). The van der Waals surface area contributed by atoms with Crippen LogP contribution in [0.5, 0.6) is 5.75 Å². The summed E-state index contributed by atoms with van der Waals surface area (Å²) in [5.74, 6) is 0.352. The van der Waals surface area contributed by atoms with Gasteiger partial charge in [0.05, 0.1) is 5.02 Å². The zero-order valence-electron chi connectivity index (χ0n) is 12.3. The summed E-state index contributed by atoms with van der Waals surface area (Å²) in [5, 5.41) is 3.42. The maximum Gasteiger partial charge on any atom is 0.260 e. The molecule has 0 aliphatic carbocycles. The van der Waals surface area contributed by atoms with Crippen LogP contribution in [0.3, 0.4) is 0 Å². The Kier molecular flexibility index (Phi) is 6.82. The Labute approximate surface area is 125 Å². The van der Waals surface area contributed by atoms with E-state index in [4.69, 9.17) is 22.1 Å². The summed E-state index contributed by atoms with van der Waals surface area (Å²) in [6.45, 7) is 6.11. The van der Waals surface area contributed by atoms with E-state index in [1.54, 1.807) is 13.0 Å². The molecule has 1 atom stereocenters. The minimum absolute atomic E-state index is 0.137. The van der Waals surface area contributed by atoms with Gasteiger partial charge in [-0.3, -0.25) is 4.79 Å². The molecule has 0 spiro atoms. The number of nitrogens with one attached hydrogen (secondary N) is 1. The predicted molar refractivity (Wildman–Crippen MR) is 81.9 cm³/mol. The van der Waals surface area contributed by atoms with Crippen molar-refractivity contribution in [3.63, 3.8) is 0 Å². The third-order valence-corrected chi connectivity index (χ3v) is 3.56. The van der Waals surface area contributed by atoms with Gasteiger partial charge in [-0.2, -0.15) is 0 Å². The second kappa shape index (κ2) is 8.12. The molecule has 1 aromatic carbocycles. The van der Waals surface area contributed by atoms with Crippen molar-refractivity contribution in [3.8, 4) is 5.75 Å². The van der Waals surface area contributed by atoms with Crippen molar-refractivity contribution in [2.75, 3.05) is 0 Å². The largest absolute Gasteiger partial charge is 0.479 e. The second-order valence-electron chi connectivity index (χ2n) is 4.71. The molecule has 112 valence electrons. The highest BCUT2D eigenvalue weighted by molar-refractivity contribution is 6.32. The Morgan fingerprint density at radius 3 is 2.60 bits per heavy atom. The van der Waals surface area contributed by atoms with E-state index in [0.717, 1.165) is 18.4 Å². The van der Waals surface area contributed by atoms with Crippen LogP contribution >= 0.6 is 11.6 Å². The van der Waals surface area contributed by atoms with Crippen molar-refractivity contribution in [1.29, 1.82) is 0 Å². The standard InChI is InChI=1S/C15H23ClN2O2/c1-4-12(5-2)18-15(19)10(3)20-14-11(9-17)7-6-8-13(14)16/h6-8,10,12H,4-5,9,17H2,1-3H3,(H,18,19). The molecule has 0 fully saturated rings. The van der Waals surface area contributed by atoms with Gasteiger partial charge in [-0.1, -0.05) is 37.6 Å². The van der Waals surface area contributed by atoms with Gasteiger partial charge < -0.3 is 15.8 Å². The molecule has 0 heterocycles. The van der Waals surface area contributed by atoms with Gasteiger partial charge in [0.15, 0.2) is 6.10 Å². The number of carbonyl (C=O) groups excluding carboxylic acids is 1. The molecular formula is C15H23ClN2O2. The van der Waals surface area contributed by atoms with Crippen molar-refractivity contribution in [3.05, 3.63) is 28.8 Å². The maximum absolute atomic E-state index is 12.1. The number of benzene rings is 1. The summed E-state index contributed by atoms with van der Waals surface area (Å²) in [4.78, 5) is 12.1. The third kappa shape index (κ3) is 4.39. The first kappa shape index (κ1) is 16.8. The molecular weight excluding hydrogens is 276 g/mol. The minimum atomic E-state index is -0.610. The van der Waals surface area contributed by atoms with Crippen molar-refractivity contribution in [2.45, 2.75) is 52.3 Å². The Bertz CT molecular complexity index is 447. The quantitative estimate of drug-likeness (QED) is 0.813. The molecule has 0 radical (unpaired) electrons. The zero-order valence-corrected chi connectivity index (χ0v) is 13.0. The van der Waals surface area contributed by atoms with E-state index in [9.17, 15) is 4.79 Å². The number of hydrogen-bond acceptors (Lipinski definition) is 3. The maximum atomic E-state index is 12.1. The molecule has 0 saturated carbocycles. The molecule has 1 aromatic rings. The van der Waals surface area contributed by atoms with Crippen molar-refractivity contribution in [1.82, 2.24) is 5.32 Å². The minimum Gasteiger partial charge on any atom is -0.479 e. The molecule has 1 amide bonds. The Morgan fingerprint density at radius 1 is 1.40 bits per heavy atom. The average molecular weight is 299 g/mol. The number of rotatable bonds is 7. The monoisotopic (exact) mass is 298 g/mol. The molecule has 20 heavy (non-hydrogen) atoms. The fourth-order valence-corrected chi connectivity index (χ4v) is 2.13. The summed E-state index contributed by atoms with van der Waals surface area (Å²) in [7, 11) is 0. The second-order valence-corrected chi connectivity index (χ2v) is 5.12. The van der Waals surface area contributed by atoms with Crippen LogP contribution in [0.15, 0.2) is 18.2 Å². The Balaban J connectivity index is 2.75. The van der Waals surface area contributed by atoms with E-state index in [1.165, 1.54) is 0 Å². The van der Waals surface area contributed by atoms with Crippen molar-refractivity contribution in [2.24, 2.45) is 5.73 Å². The lowest BCUT2D eigenvalue weighted by molar-refractivity contribution is -0.128. The highest BCUT2D eigenvalue weighted by Crippen LogP contribution is 2.29. The summed E-state index contributed by atoms with van der Waals surface area (Å²) in [6, 6.07) is 5.55. The van der Waals surface area contributed by atoms with Crippen LogP contribution in [0.25, 0.3) is 0 Å². The number of hydrogen-bond donors (Lipinski definition) is 2. The van der Waals surface area contributed by atoms with Crippen LogP contribution in [0.2, 0.25) is 5.02 Å². The molecule has 0 aliphatic rings. The Morgan fingerprint density at radius 2 is 2.05 bits per heavy atom. The van der Waals surface area contributed by atoms with E-state index in [0.29, 0.717) is 17.3 Å². The molecule has 0 saturated heterocycles. The molecule has 0 bridgehead atoms. The lowest BCUT2D eigenvalue weighted by Gasteiger charge is -2.21. The van der Waals surface area contributed by atoms with E-state index >= 15 is 0 Å². The number of nitrogens with two attached hydrogens (primary N) is 1. The van der Waals surface area contributed by atoms with Gasteiger partial charge >= 0.3 is 0 Å². The third-order valence-electron chi connectivity index (χ3n) is 3.26. The topological polar surface area (TPSA) is 64.3 Å². The summed E-state index contributed by atoms with van der Waals surface area (Å²) < 4.78 is 5.69. The average Bonchev–Trinajstić information content (AvgIpc) is 2.46. The van der Waals surface area contributed by atoms with E-state index < -0.39 is 6.10 Å². The van der Waals surface area contributed by atoms with E-state index in [2.05, 4.69) is 5.32 Å². The van der Waals surface area contributed by atoms with Gasteiger partial charge in [0.25, 0.3) is 5.91 Å². The number of ether oxygens (including phenoxy) is 1. The van der Waals surface area contributed by atoms with Gasteiger partial charge in [0, 0.05) is 18.2 Å². The van der Waals surface area contributed by atoms with Crippen molar-refractivity contribution < 1.29 is 9.53 Å². The first-order chi connectivity index (χ1) is 9.53. The normalized spacial score (nSPS) is 12.3. The first-order valence-corrected chi connectivity index (χ1v) is 7.35. The van der Waals surface area contributed by atoms with Gasteiger partial charge in [0.1, 0.15) is 5.75 Å². The number of halogens is 1. The van der Waals surface area contributed by atoms with Gasteiger partial charge in [0.2, 0.25) is 0 Å². The lowest BCUT2D eigenvalue weighted by Crippen LogP contribution is -2.42. The smallest absolute Gasteiger partial charge is 0.260 e. The predicted octanol–water partition coefficient (Wildman–Crippen LogP) is 2.87. The van der Waals surface area contributed by atoms with Crippen LogP contribution < -0.4 is 15.8 Å². The van der Waals surface area contributed by atoms with Gasteiger partial charge in [-0.05, 0) is 25.8 Å². The first-order valence-electron chi connectivity index (χ1n) is 6.97. The SMILES string of the molecule is CCC(CC)NC(=O)C(C)Oc1c(Cl)cccc1CN. The lowest BCUT2D eigenvalue weighted by atomic mass is 10.1. The van der Waals surface area contributed by atoms with Crippen molar-refractivity contribution >= 4 is 17.5 Å². The number of carbonyl (C=O) groups is 1. The molecule has 0 aliphatic heterocycles. The van der Waals surface area contributed by atoms with Crippen LogP contribution in [0.1, 0.15) is 39.2 Å². The molecule has 5 heteroatoms. The van der Waals surface area contributed by atoms with Crippen LogP contribution in [0.4, 0.5) is 0 Å². The fraction of sp³-hybridized carbons (Fsp3) is 0.533. The van der Waals surface area contributed by atoms with E-state index in [-0.39, 0.29) is 11.9 Å². The molecule has 1 unspecified atom stereocenters. The van der Waals surface area contributed by atoms with Crippen LogP contribution in [-0.4, -0.2) is 18.1 Å². The molecule has 4 nitrogen and oxygen atoms in total. The Hall–Kier alpha value is -1.26. The summed E-state index contributed by atoms with van der Waals surface area (Å²) in [5.41, 5.74) is 6.45. The molecule has 0 aromatic heterocycles. The van der Waals surface area contributed by atoms with Gasteiger partial charge in [-0.25, -0.2) is 0 Å². The van der Waals surface area contributed by atoms with Crippen LogP contribution in [-0.2, 0) is 11.3 Å². The highest BCUT2D eigenvalue weighted by Gasteiger charge is 2.19. The fourth-order valence-electron chi connectivity index (χ4n) is 1.89. The number of para-hydroxylation sites is 1. The summed E-state index contributed by atoms with van der Waals surface area (Å²) >= 11 is 6.10. The van der Waals surface area contributed by atoms with E-state index in [1.807, 2.05) is 26.0 Å².